The van der Waals surface area contributed by atoms with Gasteiger partial charge in [-0.3, -0.25) is 4.79 Å². The third kappa shape index (κ3) is 5.04. The summed E-state index contributed by atoms with van der Waals surface area (Å²) in [5.74, 6) is -0.187. The Morgan fingerprint density at radius 2 is 1.70 bits per heavy atom. The van der Waals surface area contributed by atoms with Gasteiger partial charge in [0.1, 0.15) is 10.8 Å². The lowest BCUT2D eigenvalue weighted by Gasteiger charge is -2.16. The minimum atomic E-state index is -0.974. The first kappa shape index (κ1) is 21.9. The fourth-order valence-electron chi connectivity index (χ4n) is 3.35. The zero-order valence-corrected chi connectivity index (χ0v) is 17.9. The van der Waals surface area contributed by atoms with Crippen LogP contribution in [0.2, 0.25) is 10.0 Å². The van der Waals surface area contributed by atoms with Crippen molar-refractivity contribution in [3.05, 3.63) is 97.4 Å². The van der Waals surface area contributed by atoms with Gasteiger partial charge in [0.15, 0.2) is 0 Å². The van der Waals surface area contributed by atoms with Crippen LogP contribution in [0.15, 0.2) is 59.4 Å². The number of halogens is 2. The van der Waals surface area contributed by atoms with Gasteiger partial charge in [-0.1, -0.05) is 53.5 Å². The maximum atomic E-state index is 12.7. The van der Waals surface area contributed by atoms with E-state index in [9.17, 15) is 9.59 Å². The Labute approximate surface area is 184 Å². The lowest BCUT2D eigenvalue weighted by Crippen LogP contribution is -2.25. The van der Waals surface area contributed by atoms with E-state index in [2.05, 4.69) is 0 Å². The van der Waals surface area contributed by atoms with Gasteiger partial charge in [-0.15, -0.1) is 0 Å². The second kappa shape index (κ2) is 9.83. The van der Waals surface area contributed by atoms with Gasteiger partial charge < -0.3 is 14.4 Å². The number of aromatic carboxylic acids is 1. The number of carboxylic acids is 1. The Bertz CT molecular complexity index is 1110. The van der Waals surface area contributed by atoms with Crippen LogP contribution in [0.5, 0.6) is 5.75 Å². The Morgan fingerprint density at radius 1 is 1.00 bits per heavy atom. The minimum Gasteiger partial charge on any atom is -0.496 e. The van der Waals surface area contributed by atoms with Crippen LogP contribution in [0.25, 0.3) is 0 Å². The van der Waals surface area contributed by atoms with Crippen LogP contribution < -0.4 is 10.3 Å². The lowest BCUT2D eigenvalue weighted by molar-refractivity contribution is 0.0697. The molecule has 3 rings (SSSR count). The lowest BCUT2D eigenvalue weighted by atomic mass is 10.1. The largest absolute Gasteiger partial charge is 0.496 e. The molecular weight excluding hydrogens is 425 g/mol. The van der Waals surface area contributed by atoms with Crippen LogP contribution in [0.1, 0.15) is 27.2 Å². The first-order chi connectivity index (χ1) is 14.4. The van der Waals surface area contributed by atoms with Crippen molar-refractivity contribution in [2.45, 2.75) is 25.8 Å². The molecule has 7 heteroatoms. The van der Waals surface area contributed by atoms with Gasteiger partial charge in [0.25, 0.3) is 5.56 Å². The van der Waals surface area contributed by atoms with E-state index in [1.54, 1.807) is 35.9 Å². The molecule has 1 aromatic heterocycles. The Hall–Kier alpha value is -2.76. The number of aryl methyl sites for hydroxylation is 2. The van der Waals surface area contributed by atoms with Crippen molar-refractivity contribution in [3.63, 3.8) is 0 Å². The van der Waals surface area contributed by atoms with Gasteiger partial charge >= 0.3 is 5.97 Å². The van der Waals surface area contributed by atoms with Crippen LogP contribution >= 0.6 is 23.2 Å². The molecule has 0 radical (unpaired) electrons. The fraction of sp³-hybridized carbons (Fsp3) is 0.217. The molecule has 0 atom stereocenters. The summed E-state index contributed by atoms with van der Waals surface area (Å²) in [5, 5.41) is 9.54. The van der Waals surface area contributed by atoms with E-state index in [1.165, 1.54) is 6.07 Å². The molecule has 0 fully saturated rings. The van der Waals surface area contributed by atoms with Gasteiger partial charge in [-0.05, 0) is 54.7 Å². The monoisotopic (exact) mass is 445 g/mol. The van der Waals surface area contributed by atoms with Crippen molar-refractivity contribution in [3.8, 4) is 5.75 Å². The molecule has 3 aromatic rings. The molecule has 0 saturated carbocycles. The van der Waals surface area contributed by atoms with Crippen molar-refractivity contribution in [1.82, 2.24) is 4.57 Å². The number of hydrogen-bond donors (Lipinski definition) is 1. The van der Waals surface area contributed by atoms with E-state index in [0.29, 0.717) is 36.5 Å². The van der Waals surface area contributed by atoms with Crippen LogP contribution in [-0.4, -0.2) is 22.8 Å². The molecule has 30 heavy (non-hydrogen) atoms. The number of methoxy groups -OCH3 is 1. The SMILES string of the molecule is COc1ccccc1CCc1c(Cl)cc(Cl)c(=O)n1CCc1ccc(C(=O)O)cc1. The molecule has 1 N–H and O–H groups in total. The van der Waals surface area contributed by atoms with Gasteiger partial charge in [0.05, 0.1) is 17.7 Å². The number of benzene rings is 2. The van der Waals surface area contributed by atoms with Gasteiger partial charge in [-0.2, -0.15) is 0 Å². The van der Waals surface area contributed by atoms with Crippen molar-refractivity contribution in [1.29, 1.82) is 0 Å². The number of carboxylic acid groups (broad SMARTS) is 1. The highest BCUT2D eigenvalue weighted by atomic mass is 35.5. The highest BCUT2D eigenvalue weighted by molar-refractivity contribution is 6.34. The maximum absolute atomic E-state index is 12.7. The predicted octanol–water partition coefficient (Wildman–Crippen LogP) is 4.89. The summed E-state index contributed by atoms with van der Waals surface area (Å²) < 4.78 is 7.01. The van der Waals surface area contributed by atoms with E-state index >= 15 is 0 Å². The van der Waals surface area contributed by atoms with E-state index < -0.39 is 5.97 Å². The molecule has 0 spiro atoms. The topological polar surface area (TPSA) is 68.5 Å². The van der Waals surface area contributed by atoms with Crippen LogP contribution in [0.3, 0.4) is 0 Å². The van der Waals surface area contributed by atoms with Crippen molar-refractivity contribution >= 4 is 29.2 Å². The molecule has 0 aliphatic carbocycles. The molecule has 2 aromatic carbocycles. The third-order valence-electron chi connectivity index (χ3n) is 4.95. The predicted molar refractivity (Wildman–Crippen MR) is 118 cm³/mol. The number of hydrogen-bond acceptors (Lipinski definition) is 3. The number of carbonyl (C=O) groups is 1. The molecule has 156 valence electrons. The smallest absolute Gasteiger partial charge is 0.335 e. The van der Waals surface area contributed by atoms with Gasteiger partial charge in [0.2, 0.25) is 0 Å². The molecule has 0 bridgehead atoms. The van der Waals surface area contributed by atoms with Crippen molar-refractivity contribution in [2.24, 2.45) is 0 Å². The zero-order valence-electron chi connectivity index (χ0n) is 16.4. The van der Waals surface area contributed by atoms with E-state index in [0.717, 1.165) is 16.9 Å². The highest BCUT2D eigenvalue weighted by Crippen LogP contribution is 2.24. The number of rotatable bonds is 8. The van der Waals surface area contributed by atoms with Crippen LogP contribution in [-0.2, 0) is 25.8 Å². The number of nitrogens with zero attached hydrogens (tertiary/aromatic N) is 1. The average molecular weight is 446 g/mol. The average Bonchev–Trinajstić information content (AvgIpc) is 2.75. The van der Waals surface area contributed by atoms with Crippen LogP contribution in [0, 0.1) is 0 Å². The second-order valence-corrected chi connectivity index (χ2v) is 7.62. The Morgan fingerprint density at radius 3 is 2.37 bits per heavy atom. The molecule has 1 heterocycles. The molecule has 0 aliphatic heterocycles. The molecular formula is C23H21Cl2NO4. The van der Waals surface area contributed by atoms with Crippen molar-refractivity contribution in [2.75, 3.05) is 7.11 Å². The van der Waals surface area contributed by atoms with Crippen molar-refractivity contribution < 1.29 is 14.6 Å². The normalized spacial score (nSPS) is 10.8. The van der Waals surface area contributed by atoms with E-state index in [1.807, 2.05) is 24.3 Å². The molecule has 5 nitrogen and oxygen atoms in total. The molecule has 0 unspecified atom stereocenters. The van der Waals surface area contributed by atoms with Crippen LogP contribution in [0.4, 0.5) is 0 Å². The quantitative estimate of drug-likeness (QED) is 0.535. The van der Waals surface area contributed by atoms with Gasteiger partial charge in [-0.25, -0.2) is 4.79 Å². The molecule has 0 saturated heterocycles. The first-order valence-corrected chi connectivity index (χ1v) is 10.2. The Kier molecular flexibility index (Phi) is 7.19. The first-order valence-electron chi connectivity index (χ1n) is 9.42. The van der Waals surface area contributed by atoms with E-state index in [4.69, 9.17) is 33.0 Å². The number of pyridine rings is 1. The molecule has 0 amide bonds. The standard InChI is InChI=1S/C23H21Cl2NO4/c1-30-21-5-3-2-4-16(21)10-11-20-18(24)14-19(25)22(27)26(20)13-12-15-6-8-17(9-7-15)23(28)29/h2-9,14H,10-13H2,1H3,(H,28,29). The number of para-hydroxylation sites is 1. The summed E-state index contributed by atoms with van der Waals surface area (Å²) in [6, 6.07) is 15.8. The fourth-order valence-corrected chi connectivity index (χ4v) is 3.92. The highest BCUT2D eigenvalue weighted by Gasteiger charge is 2.14. The third-order valence-corrected chi connectivity index (χ3v) is 5.55. The van der Waals surface area contributed by atoms with Gasteiger partial charge in [0, 0.05) is 12.2 Å². The zero-order chi connectivity index (χ0) is 21.7. The summed E-state index contributed by atoms with van der Waals surface area (Å²) in [4.78, 5) is 23.7. The second-order valence-electron chi connectivity index (χ2n) is 6.81. The molecule has 0 aliphatic rings. The summed E-state index contributed by atoms with van der Waals surface area (Å²) in [7, 11) is 1.62. The number of aromatic nitrogens is 1. The maximum Gasteiger partial charge on any atom is 0.335 e. The Balaban J connectivity index is 1.84. The minimum absolute atomic E-state index is 0.0715. The summed E-state index contributed by atoms with van der Waals surface area (Å²) in [6.45, 7) is 0.382. The summed E-state index contributed by atoms with van der Waals surface area (Å²) in [5.41, 5.74) is 2.57. The summed E-state index contributed by atoms with van der Waals surface area (Å²) >= 11 is 12.5. The van der Waals surface area contributed by atoms with E-state index in [-0.39, 0.29) is 16.1 Å². The number of ether oxygens (including phenoxy) is 1. The summed E-state index contributed by atoms with van der Waals surface area (Å²) in [6.07, 6.45) is 1.74.